The summed E-state index contributed by atoms with van der Waals surface area (Å²) in [7, 11) is 0. The van der Waals surface area contributed by atoms with Crippen molar-refractivity contribution in [2.45, 2.75) is 45.0 Å². The van der Waals surface area contributed by atoms with E-state index in [0.29, 0.717) is 6.04 Å². The number of rotatable bonds is 3. The number of alkyl halides is 1. The maximum atomic E-state index is 12.0. The fraction of sp³-hybridized carbons (Fsp3) is 0.643. The minimum absolute atomic E-state index is 0.0167. The number of nitrogens with zero attached hydrogens (tertiary/aromatic N) is 1. The Balaban J connectivity index is 2.34. The minimum atomic E-state index is -0.464. The quantitative estimate of drug-likeness (QED) is 0.623. The van der Waals surface area contributed by atoms with Crippen LogP contribution < -0.4 is 0 Å². The zero-order valence-electron chi connectivity index (χ0n) is 11.2. The lowest BCUT2D eigenvalue weighted by Crippen LogP contribution is -2.21. The summed E-state index contributed by atoms with van der Waals surface area (Å²) in [5.74, 6) is 0.0167. The number of Topliss-reactive ketones (excluding diaryl/α,β-unsaturated/α-hetero) is 1. The molecular weight excluding hydrogens is 250 g/mol. The summed E-state index contributed by atoms with van der Waals surface area (Å²) in [6.07, 6.45) is 2.03. The molecule has 1 unspecified atom stereocenters. The molecule has 1 aromatic rings. The van der Waals surface area contributed by atoms with Gasteiger partial charge in [0, 0.05) is 36.2 Å². The van der Waals surface area contributed by atoms with E-state index < -0.39 is 5.38 Å². The normalized spacial score (nSPS) is 18.9. The van der Waals surface area contributed by atoms with Crippen LogP contribution in [-0.4, -0.2) is 28.9 Å². The van der Waals surface area contributed by atoms with Gasteiger partial charge in [-0.15, -0.1) is 11.6 Å². The molecule has 0 amide bonds. The molecule has 18 heavy (non-hydrogen) atoms. The molecular formula is C14H20ClNO2. The number of hydrogen-bond acceptors (Lipinski definition) is 2. The van der Waals surface area contributed by atoms with Crippen molar-refractivity contribution in [1.82, 2.24) is 4.57 Å². The van der Waals surface area contributed by atoms with Crippen molar-refractivity contribution in [2.24, 2.45) is 0 Å². The predicted octanol–water partition coefficient (Wildman–Crippen LogP) is 3.27. The van der Waals surface area contributed by atoms with E-state index in [0.717, 1.165) is 43.0 Å². The Morgan fingerprint density at radius 2 is 2.06 bits per heavy atom. The number of ether oxygens (including phenoxy) is 1. The summed E-state index contributed by atoms with van der Waals surface area (Å²) >= 11 is 5.90. The van der Waals surface area contributed by atoms with Gasteiger partial charge in [0.1, 0.15) is 0 Å². The highest BCUT2D eigenvalue weighted by molar-refractivity contribution is 6.33. The van der Waals surface area contributed by atoms with Crippen molar-refractivity contribution in [3.63, 3.8) is 0 Å². The first-order chi connectivity index (χ1) is 8.52. The second-order valence-corrected chi connectivity index (χ2v) is 5.63. The second kappa shape index (κ2) is 5.45. The Morgan fingerprint density at radius 3 is 2.61 bits per heavy atom. The fourth-order valence-electron chi connectivity index (χ4n) is 2.75. The fourth-order valence-corrected chi connectivity index (χ4v) is 2.86. The van der Waals surface area contributed by atoms with E-state index in [9.17, 15) is 4.79 Å². The van der Waals surface area contributed by atoms with Crippen molar-refractivity contribution in [2.75, 3.05) is 13.2 Å². The van der Waals surface area contributed by atoms with Gasteiger partial charge in [0.25, 0.3) is 0 Å². The van der Waals surface area contributed by atoms with Crippen LogP contribution in [0.1, 0.15) is 47.6 Å². The molecule has 1 aliphatic heterocycles. The molecule has 0 N–H and O–H groups in total. The third-order valence-corrected chi connectivity index (χ3v) is 3.87. The maximum Gasteiger partial charge on any atom is 0.182 e. The lowest BCUT2D eigenvalue weighted by atomic mass is 10.1. The molecule has 1 aliphatic rings. The standard InChI is InChI=1S/C14H20ClNO2/c1-9-8-13(14(17)10(2)15)11(3)16(9)12-4-6-18-7-5-12/h8,10,12H,4-7H2,1-3H3. The lowest BCUT2D eigenvalue weighted by Gasteiger charge is -2.26. The molecule has 1 atom stereocenters. The number of carbonyl (C=O) groups excluding carboxylic acids is 1. The van der Waals surface area contributed by atoms with E-state index in [1.807, 2.05) is 13.0 Å². The number of aromatic nitrogens is 1. The number of ketones is 1. The van der Waals surface area contributed by atoms with E-state index in [2.05, 4.69) is 11.5 Å². The van der Waals surface area contributed by atoms with Crippen molar-refractivity contribution >= 4 is 17.4 Å². The molecule has 0 aliphatic carbocycles. The highest BCUT2D eigenvalue weighted by Crippen LogP contribution is 2.28. The van der Waals surface area contributed by atoms with Gasteiger partial charge in [-0.05, 0) is 39.7 Å². The summed E-state index contributed by atoms with van der Waals surface area (Å²) in [5, 5.41) is -0.464. The topological polar surface area (TPSA) is 31.2 Å². The lowest BCUT2D eigenvalue weighted by molar-refractivity contribution is 0.0687. The molecule has 0 aromatic carbocycles. The molecule has 0 bridgehead atoms. The van der Waals surface area contributed by atoms with E-state index in [1.54, 1.807) is 6.92 Å². The van der Waals surface area contributed by atoms with E-state index in [4.69, 9.17) is 16.3 Å². The third kappa shape index (κ3) is 2.47. The van der Waals surface area contributed by atoms with Crippen molar-refractivity contribution in [3.8, 4) is 0 Å². The van der Waals surface area contributed by atoms with Gasteiger partial charge in [0.05, 0.1) is 5.38 Å². The molecule has 4 heteroatoms. The minimum Gasteiger partial charge on any atom is -0.381 e. The average molecular weight is 270 g/mol. The van der Waals surface area contributed by atoms with E-state index in [-0.39, 0.29) is 5.78 Å². The first-order valence-corrected chi connectivity index (χ1v) is 6.90. The van der Waals surface area contributed by atoms with Crippen LogP contribution >= 0.6 is 11.6 Å². The molecule has 2 heterocycles. The monoisotopic (exact) mass is 269 g/mol. The van der Waals surface area contributed by atoms with Crippen LogP contribution in [0.3, 0.4) is 0 Å². The molecule has 0 radical (unpaired) electrons. The van der Waals surface area contributed by atoms with Gasteiger partial charge in [-0.1, -0.05) is 0 Å². The summed E-state index contributed by atoms with van der Waals surface area (Å²) in [4.78, 5) is 12.0. The molecule has 100 valence electrons. The van der Waals surface area contributed by atoms with Gasteiger partial charge < -0.3 is 9.30 Å². The maximum absolute atomic E-state index is 12.0. The van der Waals surface area contributed by atoms with Crippen LogP contribution in [-0.2, 0) is 4.74 Å². The van der Waals surface area contributed by atoms with Crippen LogP contribution in [0, 0.1) is 13.8 Å². The molecule has 1 aromatic heterocycles. The molecule has 1 saturated heterocycles. The van der Waals surface area contributed by atoms with Gasteiger partial charge in [-0.3, -0.25) is 4.79 Å². The third-order valence-electron chi connectivity index (χ3n) is 3.67. The van der Waals surface area contributed by atoms with Crippen molar-refractivity contribution in [3.05, 3.63) is 23.0 Å². The Morgan fingerprint density at radius 1 is 1.44 bits per heavy atom. The Hall–Kier alpha value is -0.800. The Labute approximate surface area is 113 Å². The van der Waals surface area contributed by atoms with Crippen LogP contribution in [0.5, 0.6) is 0 Å². The smallest absolute Gasteiger partial charge is 0.182 e. The highest BCUT2D eigenvalue weighted by Gasteiger charge is 2.24. The molecule has 1 fully saturated rings. The largest absolute Gasteiger partial charge is 0.381 e. The summed E-state index contributed by atoms with van der Waals surface area (Å²) in [6, 6.07) is 2.41. The van der Waals surface area contributed by atoms with Crippen LogP contribution in [0.4, 0.5) is 0 Å². The Kier molecular flexibility index (Phi) is 4.13. The number of hydrogen-bond donors (Lipinski definition) is 0. The van der Waals surface area contributed by atoms with Gasteiger partial charge in [0.15, 0.2) is 5.78 Å². The number of halogens is 1. The highest BCUT2D eigenvalue weighted by atomic mass is 35.5. The summed E-state index contributed by atoms with van der Waals surface area (Å²) < 4.78 is 7.66. The number of aryl methyl sites for hydroxylation is 1. The van der Waals surface area contributed by atoms with E-state index in [1.165, 1.54) is 0 Å². The first kappa shape index (κ1) is 13.6. The summed E-state index contributed by atoms with van der Waals surface area (Å²) in [6.45, 7) is 7.39. The number of carbonyl (C=O) groups is 1. The summed E-state index contributed by atoms with van der Waals surface area (Å²) in [5.41, 5.74) is 2.94. The van der Waals surface area contributed by atoms with Crippen molar-refractivity contribution in [1.29, 1.82) is 0 Å². The molecule has 0 spiro atoms. The average Bonchev–Trinajstić information content (AvgIpc) is 2.65. The van der Waals surface area contributed by atoms with Crippen LogP contribution in [0.25, 0.3) is 0 Å². The van der Waals surface area contributed by atoms with Crippen LogP contribution in [0.2, 0.25) is 0 Å². The Bertz CT molecular complexity index is 445. The SMILES string of the molecule is Cc1cc(C(=O)C(C)Cl)c(C)n1C1CCOCC1. The van der Waals surface area contributed by atoms with Crippen LogP contribution in [0.15, 0.2) is 6.07 Å². The molecule has 2 rings (SSSR count). The van der Waals surface area contributed by atoms with Gasteiger partial charge in [-0.2, -0.15) is 0 Å². The zero-order valence-corrected chi connectivity index (χ0v) is 12.0. The van der Waals surface area contributed by atoms with Crippen molar-refractivity contribution < 1.29 is 9.53 Å². The zero-order chi connectivity index (χ0) is 13.3. The second-order valence-electron chi connectivity index (χ2n) is 4.98. The predicted molar refractivity (Wildman–Crippen MR) is 72.6 cm³/mol. The van der Waals surface area contributed by atoms with E-state index >= 15 is 0 Å². The van der Waals surface area contributed by atoms with Gasteiger partial charge in [0.2, 0.25) is 0 Å². The van der Waals surface area contributed by atoms with Gasteiger partial charge >= 0.3 is 0 Å². The molecule has 3 nitrogen and oxygen atoms in total. The van der Waals surface area contributed by atoms with Gasteiger partial charge in [-0.25, -0.2) is 0 Å². The first-order valence-electron chi connectivity index (χ1n) is 6.46. The molecule has 0 saturated carbocycles.